The largest absolute Gasteiger partial charge is 0.343 e. The Labute approximate surface area is 170 Å². The van der Waals surface area contributed by atoms with Gasteiger partial charge in [-0.15, -0.1) is 0 Å². The Morgan fingerprint density at radius 2 is 2.14 bits per heavy atom. The van der Waals surface area contributed by atoms with Crippen LogP contribution in [0.2, 0.25) is 0 Å². The first kappa shape index (κ1) is 18.2. The number of aromatic nitrogens is 2. The van der Waals surface area contributed by atoms with E-state index in [-0.39, 0.29) is 23.9 Å². The summed E-state index contributed by atoms with van der Waals surface area (Å²) < 4.78 is 0. The van der Waals surface area contributed by atoms with Crippen LogP contribution in [-0.4, -0.2) is 46.7 Å². The molecule has 1 aromatic heterocycles. The Morgan fingerprint density at radius 1 is 1.24 bits per heavy atom. The Kier molecular flexibility index (Phi) is 4.73. The molecule has 1 fully saturated rings. The zero-order valence-electron chi connectivity index (χ0n) is 16.6. The van der Waals surface area contributed by atoms with Gasteiger partial charge in [0.1, 0.15) is 0 Å². The topological polar surface area (TPSA) is 81.3 Å². The van der Waals surface area contributed by atoms with Gasteiger partial charge in [0.05, 0.1) is 17.9 Å². The number of H-pyrrole nitrogens is 1. The standard InChI is InChI=1S/C22H27N5O2/c28-20-9-4-11-26(20)12-10-16-14-27(19-8-2-1-6-17(16)19)22(29)24-18-7-3-5-15-13-23-25-21(15)18/h1-2,6,8,13,16,18H,3-5,7,9-12,14H2,(H,23,25)(H,24,29). The fourth-order valence-electron chi connectivity index (χ4n) is 5.02. The maximum Gasteiger partial charge on any atom is 0.322 e. The smallest absolute Gasteiger partial charge is 0.322 e. The summed E-state index contributed by atoms with van der Waals surface area (Å²) >= 11 is 0. The number of likely N-dealkylation sites (tertiary alicyclic amines) is 1. The van der Waals surface area contributed by atoms with Gasteiger partial charge < -0.3 is 10.2 Å². The normalized spacial score (nSPS) is 23.2. The molecule has 2 atom stereocenters. The van der Waals surface area contributed by atoms with Crippen molar-refractivity contribution in [2.75, 3.05) is 24.5 Å². The van der Waals surface area contributed by atoms with E-state index in [9.17, 15) is 9.59 Å². The number of amides is 3. The number of hydrogen-bond acceptors (Lipinski definition) is 3. The first-order valence-electron chi connectivity index (χ1n) is 10.7. The molecule has 1 saturated heterocycles. The van der Waals surface area contributed by atoms with E-state index in [1.165, 1.54) is 11.1 Å². The summed E-state index contributed by atoms with van der Waals surface area (Å²) in [5.41, 5.74) is 4.45. The Hall–Kier alpha value is -2.83. The third-order valence-corrected chi connectivity index (χ3v) is 6.57. The zero-order chi connectivity index (χ0) is 19.8. The second kappa shape index (κ2) is 7.54. The molecule has 3 heterocycles. The van der Waals surface area contributed by atoms with Gasteiger partial charge in [0.2, 0.25) is 5.91 Å². The highest BCUT2D eigenvalue weighted by Crippen LogP contribution is 2.39. The van der Waals surface area contributed by atoms with E-state index in [2.05, 4.69) is 21.6 Å². The summed E-state index contributed by atoms with van der Waals surface area (Å²) in [6.07, 6.45) is 7.40. The van der Waals surface area contributed by atoms with Crippen molar-refractivity contribution in [1.29, 1.82) is 0 Å². The van der Waals surface area contributed by atoms with E-state index < -0.39 is 0 Å². The minimum absolute atomic E-state index is 0.0119. The van der Waals surface area contributed by atoms with Crippen LogP contribution in [0.4, 0.5) is 10.5 Å². The summed E-state index contributed by atoms with van der Waals surface area (Å²) in [5, 5.41) is 10.4. The minimum Gasteiger partial charge on any atom is -0.343 e. The molecule has 0 saturated carbocycles. The van der Waals surface area contributed by atoms with Crippen LogP contribution in [-0.2, 0) is 11.2 Å². The van der Waals surface area contributed by atoms with E-state index in [1.807, 2.05) is 34.2 Å². The zero-order valence-corrected chi connectivity index (χ0v) is 16.6. The summed E-state index contributed by atoms with van der Waals surface area (Å²) in [4.78, 5) is 29.0. The molecular formula is C22H27N5O2. The first-order valence-corrected chi connectivity index (χ1v) is 10.7. The van der Waals surface area contributed by atoms with Crippen LogP contribution >= 0.6 is 0 Å². The van der Waals surface area contributed by atoms with E-state index in [1.54, 1.807) is 0 Å². The van der Waals surface area contributed by atoms with Crippen molar-refractivity contribution >= 4 is 17.6 Å². The highest BCUT2D eigenvalue weighted by molar-refractivity contribution is 5.95. The van der Waals surface area contributed by atoms with Crippen LogP contribution < -0.4 is 10.2 Å². The minimum atomic E-state index is -0.0513. The number of anilines is 1. The number of nitrogens with zero attached hydrogens (tertiary/aromatic N) is 3. The molecule has 7 nitrogen and oxygen atoms in total. The van der Waals surface area contributed by atoms with Crippen molar-refractivity contribution in [2.24, 2.45) is 0 Å². The van der Waals surface area contributed by atoms with E-state index in [0.29, 0.717) is 13.0 Å². The molecule has 5 rings (SSSR count). The summed E-state index contributed by atoms with van der Waals surface area (Å²) in [6, 6.07) is 8.10. The molecule has 0 spiro atoms. The number of hydrogen-bond donors (Lipinski definition) is 2. The fraction of sp³-hybridized carbons (Fsp3) is 0.500. The number of fused-ring (bicyclic) bond motifs is 2. The number of rotatable bonds is 4. The van der Waals surface area contributed by atoms with E-state index in [0.717, 1.165) is 56.6 Å². The number of urea groups is 1. The number of nitrogens with one attached hydrogen (secondary N) is 2. The molecular weight excluding hydrogens is 366 g/mol. The summed E-state index contributed by atoms with van der Waals surface area (Å²) in [6.45, 7) is 2.30. The van der Waals surface area contributed by atoms with Crippen molar-refractivity contribution in [3.63, 3.8) is 0 Å². The van der Waals surface area contributed by atoms with Crippen LogP contribution in [0.25, 0.3) is 0 Å². The maximum absolute atomic E-state index is 13.2. The Bertz CT molecular complexity index is 923. The quantitative estimate of drug-likeness (QED) is 0.837. The summed E-state index contributed by atoms with van der Waals surface area (Å²) in [7, 11) is 0. The average Bonchev–Trinajstić information content (AvgIpc) is 3.45. The lowest BCUT2D eigenvalue weighted by atomic mass is 9.94. The summed E-state index contributed by atoms with van der Waals surface area (Å²) in [5.74, 6) is 0.526. The number of benzene rings is 1. The molecule has 1 aromatic carbocycles. The molecule has 1 aliphatic carbocycles. The number of carbonyl (C=O) groups excluding carboxylic acids is 2. The second-order valence-corrected chi connectivity index (χ2v) is 8.34. The van der Waals surface area contributed by atoms with Gasteiger partial charge in [-0.1, -0.05) is 18.2 Å². The van der Waals surface area contributed by atoms with E-state index in [4.69, 9.17) is 0 Å². The first-order chi connectivity index (χ1) is 14.2. The lowest BCUT2D eigenvalue weighted by Crippen LogP contribution is -2.42. The van der Waals surface area contributed by atoms with Crippen molar-refractivity contribution in [2.45, 2.75) is 50.5 Å². The predicted molar refractivity (Wildman–Crippen MR) is 110 cm³/mol. The molecule has 2 N–H and O–H groups in total. The highest BCUT2D eigenvalue weighted by Gasteiger charge is 2.34. The van der Waals surface area contributed by atoms with Gasteiger partial charge in [0.15, 0.2) is 0 Å². The van der Waals surface area contributed by atoms with E-state index >= 15 is 0 Å². The van der Waals surface area contributed by atoms with Crippen molar-refractivity contribution in [3.05, 3.63) is 47.3 Å². The van der Waals surface area contributed by atoms with Gasteiger partial charge in [0.25, 0.3) is 0 Å². The third kappa shape index (κ3) is 3.39. The molecule has 0 bridgehead atoms. The number of aromatic amines is 1. The lowest BCUT2D eigenvalue weighted by molar-refractivity contribution is -0.127. The van der Waals surface area contributed by atoms with Crippen LogP contribution in [0.3, 0.4) is 0 Å². The molecule has 29 heavy (non-hydrogen) atoms. The Morgan fingerprint density at radius 3 is 3.00 bits per heavy atom. The molecule has 7 heteroatoms. The third-order valence-electron chi connectivity index (χ3n) is 6.57. The number of para-hydroxylation sites is 1. The second-order valence-electron chi connectivity index (χ2n) is 8.34. The van der Waals surface area contributed by atoms with Crippen LogP contribution in [0, 0.1) is 0 Å². The van der Waals surface area contributed by atoms with Crippen molar-refractivity contribution in [1.82, 2.24) is 20.4 Å². The SMILES string of the molecule is O=C1CCCN1CCC1CN(C(=O)NC2CCCc3cn[nH]c32)c2ccccc21. The maximum atomic E-state index is 13.2. The number of carbonyl (C=O) groups is 2. The van der Waals surface area contributed by atoms with Gasteiger partial charge in [0, 0.05) is 37.7 Å². The number of aryl methyl sites for hydroxylation is 1. The molecule has 152 valence electrons. The molecule has 0 radical (unpaired) electrons. The van der Waals surface area contributed by atoms with Gasteiger partial charge >= 0.3 is 6.03 Å². The average molecular weight is 393 g/mol. The van der Waals surface area contributed by atoms with Gasteiger partial charge in [-0.3, -0.25) is 14.8 Å². The Balaban J connectivity index is 1.29. The van der Waals surface area contributed by atoms with Gasteiger partial charge in [-0.05, 0) is 49.3 Å². The molecule has 2 unspecified atom stereocenters. The molecule has 3 aliphatic rings. The highest BCUT2D eigenvalue weighted by atomic mass is 16.2. The van der Waals surface area contributed by atoms with Gasteiger partial charge in [-0.25, -0.2) is 4.79 Å². The van der Waals surface area contributed by atoms with Crippen molar-refractivity contribution in [3.8, 4) is 0 Å². The lowest BCUT2D eigenvalue weighted by Gasteiger charge is -2.26. The van der Waals surface area contributed by atoms with Gasteiger partial charge in [-0.2, -0.15) is 5.10 Å². The monoisotopic (exact) mass is 393 g/mol. The molecule has 3 amide bonds. The van der Waals surface area contributed by atoms with Crippen LogP contribution in [0.15, 0.2) is 30.5 Å². The van der Waals surface area contributed by atoms with Crippen LogP contribution in [0.1, 0.15) is 60.9 Å². The van der Waals surface area contributed by atoms with Crippen LogP contribution in [0.5, 0.6) is 0 Å². The molecule has 2 aromatic rings. The fourth-order valence-corrected chi connectivity index (χ4v) is 5.02. The predicted octanol–water partition coefficient (Wildman–Crippen LogP) is 3.11. The van der Waals surface area contributed by atoms with Crippen molar-refractivity contribution < 1.29 is 9.59 Å². The molecule has 2 aliphatic heterocycles.